The van der Waals surface area contributed by atoms with Crippen LogP contribution in [0.2, 0.25) is 0 Å². The fraction of sp³-hybridized carbons (Fsp3) is 0.533. The number of carbonyl (C=O) groups excluding carboxylic acids is 1. The second-order valence-corrected chi connectivity index (χ2v) is 6.53. The Morgan fingerprint density at radius 1 is 1.45 bits per heavy atom. The maximum atomic E-state index is 12.6. The van der Waals surface area contributed by atoms with E-state index < -0.39 is 0 Å². The van der Waals surface area contributed by atoms with Crippen LogP contribution in [0, 0.1) is 0 Å². The molecular formula is C15H21ClN2OS. The molecule has 0 aliphatic carbocycles. The molecule has 20 heavy (non-hydrogen) atoms. The molecule has 110 valence electrons. The molecule has 5 heteroatoms. The molecule has 3 nitrogen and oxygen atoms in total. The maximum absolute atomic E-state index is 12.6. The summed E-state index contributed by atoms with van der Waals surface area (Å²) in [6.45, 7) is 3.16. The Morgan fingerprint density at radius 2 is 2.25 bits per heavy atom. The molecule has 2 aliphatic rings. The van der Waals surface area contributed by atoms with E-state index in [4.69, 9.17) is 0 Å². The van der Waals surface area contributed by atoms with E-state index in [2.05, 4.69) is 30.4 Å². The van der Waals surface area contributed by atoms with Crippen LogP contribution >= 0.6 is 24.2 Å². The summed E-state index contributed by atoms with van der Waals surface area (Å²) in [6, 6.07) is 8.91. The van der Waals surface area contributed by atoms with E-state index in [9.17, 15) is 4.79 Å². The molecule has 0 saturated carbocycles. The lowest BCUT2D eigenvalue weighted by atomic mass is 10.1. The van der Waals surface area contributed by atoms with Crippen LogP contribution in [0.25, 0.3) is 0 Å². The predicted octanol–water partition coefficient (Wildman–Crippen LogP) is 2.48. The number of thioether (sulfide) groups is 1. The zero-order chi connectivity index (χ0) is 13.2. The molecule has 1 fully saturated rings. The smallest absolute Gasteiger partial charge is 0.228 e. The molecule has 3 rings (SSSR count). The van der Waals surface area contributed by atoms with Gasteiger partial charge in [-0.05, 0) is 25.0 Å². The van der Waals surface area contributed by atoms with Crippen molar-refractivity contribution >= 4 is 35.8 Å². The van der Waals surface area contributed by atoms with Crippen molar-refractivity contribution in [3.63, 3.8) is 0 Å². The number of amides is 1. The molecule has 1 aromatic carbocycles. The van der Waals surface area contributed by atoms with Crippen LogP contribution < -0.4 is 10.2 Å². The van der Waals surface area contributed by atoms with Crippen LogP contribution in [0.1, 0.15) is 18.9 Å². The number of nitrogens with zero attached hydrogens (tertiary/aromatic N) is 1. The van der Waals surface area contributed by atoms with Crippen LogP contribution in [0.15, 0.2) is 24.3 Å². The zero-order valence-corrected chi connectivity index (χ0v) is 13.3. The normalized spacial score (nSPS) is 24.9. The van der Waals surface area contributed by atoms with E-state index in [1.54, 1.807) is 0 Å². The highest BCUT2D eigenvalue weighted by molar-refractivity contribution is 7.99. The third kappa shape index (κ3) is 3.13. The first-order valence-electron chi connectivity index (χ1n) is 6.97. The Balaban J connectivity index is 0.00000147. The number of para-hydroxylation sites is 1. The van der Waals surface area contributed by atoms with Gasteiger partial charge in [-0.15, -0.1) is 12.4 Å². The van der Waals surface area contributed by atoms with Gasteiger partial charge in [-0.2, -0.15) is 11.8 Å². The first-order valence-corrected chi connectivity index (χ1v) is 8.12. The molecule has 1 aromatic rings. The van der Waals surface area contributed by atoms with Gasteiger partial charge in [0.25, 0.3) is 0 Å². The van der Waals surface area contributed by atoms with Crippen molar-refractivity contribution in [1.82, 2.24) is 5.32 Å². The Kier molecular flexibility index (Phi) is 5.35. The van der Waals surface area contributed by atoms with Gasteiger partial charge in [-0.3, -0.25) is 4.79 Å². The van der Waals surface area contributed by atoms with E-state index in [1.165, 1.54) is 5.56 Å². The van der Waals surface area contributed by atoms with Crippen LogP contribution in [-0.4, -0.2) is 36.0 Å². The highest BCUT2D eigenvalue weighted by Crippen LogP contribution is 2.32. The Labute approximate surface area is 130 Å². The van der Waals surface area contributed by atoms with Crippen molar-refractivity contribution in [3.8, 4) is 0 Å². The summed E-state index contributed by atoms with van der Waals surface area (Å²) in [5.74, 6) is 2.47. The summed E-state index contributed by atoms with van der Waals surface area (Å²) < 4.78 is 0. The summed E-state index contributed by atoms with van der Waals surface area (Å²) in [5, 5.41) is 3.44. The number of hydrogen-bond donors (Lipinski definition) is 1. The molecule has 1 N–H and O–H groups in total. The molecule has 2 aliphatic heterocycles. The van der Waals surface area contributed by atoms with Gasteiger partial charge in [0, 0.05) is 42.2 Å². The number of hydrogen-bond acceptors (Lipinski definition) is 3. The molecule has 0 bridgehead atoms. The van der Waals surface area contributed by atoms with E-state index in [0.29, 0.717) is 18.5 Å². The Bertz CT molecular complexity index is 477. The summed E-state index contributed by atoms with van der Waals surface area (Å²) in [7, 11) is 0. The third-order valence-corrected chi connectivity index (χ3v) is 5.03. The fourth-order valence-electron chi connectivity index (χ4n) is 3.01. The SMILES string of the molecule is CC1Cc2ccccc2N1C(=O)CC1CSCCN1.Cl. The highest BCUT2D eigenvalue weighted by atomic mass is 35.5. The summed E-state index contributed by atoms with van der Waals surface area (Å²) in [4.78, 5) is 14.6. The van der Waals surface area contributed by atoms with Gasteiger partial charge in [0.1, 0.15) is 0 Å². The molecule has 2 unspecified atom stereocenters. The Morgan fingerprint density at radius 3 is 3.00 bits per heavy atom. The number of nitrogens with one attached hydrogen (secondary N) is 1. The minimum Gasteiger partial charge on any atom is -0.312 e. The average Bonchev–Trinajstić information content (AvgIpc) is 2.75. The number of anilines is 1. The second kappa shape index (κ2) is 6.83. The lowest BCUT2D eigenvalue weighted by Gasteiger charge is -2.27. The van der Waals surface area contributed by atoms with Crippen molar-refractivity contribution < 1.29 is 4.79 Å². The third-order valence-electron chi connectivity index (χ3n) is 3.90. The van der Waals surface area contributed by atoms with E-state index in [0.717, 1.165) is 30.2 Å². The van der Waals surface area contributed by atoms with Gasteiger partial charge in [0.15, 0.2) is 0 Å². The largest absolute Gasteiger partial charge is 0.312 e. The monoisotopic (exact) mass is 312 g/mol. The van der Waals surface area contributed by atoms with E-state index >= 15 is 0 Å². The topological polar surface area (TPSA) is 32.3 Å². The van der Waals surface area contributed by atoms with Crippen molar-refractivity contribution in [3.05, 3.63) is 29.8 Å². The van der Waals surface area contributed by atoms with Crippen molar-refractivity contribution in [2.75, 3.05) is 23.0 Å². The second-order valence-electron chi connectivity index (χ2n) is 5.38. The molecule has 0 aromatic heterocycles. The molecule has 2 atom stereocenters. The van der Waals surface area contributed by atoms with Gasteiger partial charge in [-0.25, -0.2) is 0 Å². The van der Waals surface area contributed by atoms with Gasteiger partial charge in [-0.1, -0.05) is 18.2 Å². The summed E-state index contributed by atoms with van der Waals surface area (Å²) in [6.07, 6.45) is 1.60. The zero-order valence-electron chi connectivity index (χ0n) is 11.7. The van der Waals surface area contributed by atoms with Crippen LogP contribution in [-0.2, 0) is 11.2 Å². The van der Waals surface area contributed by atoms with Crippen molar-refractivity contribution in [2.45, 2.75) is 31.8 Å². The quantitative estimate of drug-likeness (QED) is 0.910. The van der Waals surface area contributed by atoms with Gasteiger partial charge < -0.3 is 10.2 Å². The molecule has 0 spiro atoms. The molecule has 1 amide bonds. The molecular weight excluding hydrogens is 292 g/mol. The fourth-order valence-corrected chi connectivity index (χ4v) is 3.95. The van der Waals surface area contributed by atoms with Gasteiger partial charge in [0.05, 0.1) is 0 Å². The first kappa shape index (κ1) is 15.7. The lowest BCUT2D eigenvalue weighted by Crippen LogP contribution is -2.44. The number of halogens is 1. The number of benzene rings is 1. The first-order chi connectivity index (χ1) is 9.25. The standard InChI is InChI=1S/C15H20N2OS.ClH/c1-11-8-12-4-2-3-5-14(12)17(11)15(18)9-13-10-19-7-6-16-13;/h2-5,11,13,16H,6-10H2,1H3;1H. The van der Waals surface area contributed by atoms with Crippen molar-refractivity contribution in [2.24, 2.45) is 0 Å². The average molecular weight is 313 g/mol. The van der Waals surface area contributed by atoms with E-state index in [-0.39, 0.29) is 18.3 Å². The highest BCUT2D eigenvalue weighted by Gasteiger charge is 2.31. The van der Waals surface area contributed by atoms with Crippen molar-refractivity contribution in [1.29, 1.82) is 0 Å². The summed E-state index contributed by atoms with van der Waals surface area (Å²) >= 11 is 1.94. The maximum Gasteiger partial charge on any atom is 0.228 e. The van der Waals surface area contributed by atoms with Crippen LogP contribution in [0.5, 0.6) is 0 Å². The van der Waals surface area contributed by atoms with Gasteiger partial charge in [0.2, 0.25) is 5.91 Å². The van der Waals surface area contributed by atoms with E-state index in [1.807, 2.05) is 22.7 Å². The molecule has 0 radical (unpaired) electrons. The van der Waals surface area contributed by atoms with Crippen LogP contribution in [0.4, 0.5) is 5.69 Å². The minimum absolute atomic E-state index is 0. The van der Waals surface area contributed by atoms with Crippen LogP contribution in [0.3, 0.4) is 0 Å². The van der Waals surface area contributed by atoms with Gasteiger partial charge >= 0.3 is 0 Å². The molecule has 1 saturated heterocycles. The number of fused-ring (bicyclic) bond motifs is 1. The predicted molar refractivity (Wildman–Crippen MR) is 88.1 cm³/mol. The Hall–Kier alpha value is -0.710. The lowest BCUT2D eigenvalue weighted by molar-refractivity contribution is -0.119. The summed E-state index contributed by atoms with van der Waals surface area (Å²) in [5.41, 5.74) is 2.41. The minimum atomic E-state index is 0. The molecule has 2 heterocycles. The number of rotatable bonds is 2. The number of carbonyl (C=O) groups is 1.